The molecule has 0 aliphatic heterocycles. The Balaban J connectivity index is 2.19. The third-order valence-corrected chi connectivity index (χ3v) is 3.80. The molecule has 2 rings (SSSR count). The van der Waals surface area contributed by atoms with Crippen molar-refractivity contribution in [2.45, 2.75) is 39.2 Å². The van der Waals surface area contributed by atoms with Crippen molar-refractivity contribution in [1.29, 1.82) is 0 Å². The molecular formula is C18H22ClN. The monoisotopic (exact) mass is 287 g/mol. The van der Waals surface area contributed by atoms with E-state index in [4.69, 9.17) is 11.6 Å². The van der Waals surface area contributed by atoms with Gasteiger partial charge >= 0.3 is 0 Å². The van der Waals surface area contributed by atoms with E-state index in [0.29, 0.717) is 6.04 Å². The van der Waals surface area contributed by atoms with Gasteiger partial charge in [0.1, 0.15) is 0 Å². The Morgan fingerprint density at radius 3 is 2.50 bits per heavy atom. The number of nitrogens with one attached hydrogen (secondary N) is 1. The summed E-state index contributed by atoms with van der Waals surface area (Å²) in [4.78, 5) is 0. The minimum atomic E-state index is 0.357. The number of hydrogen-bond acceptors (Lipinski definition) is 1. The number of hydrogen-bond donors (Lipinski definition) is 1. The van der Waals surface area contributed by atoms with Gasteiger partial charge in [-0.25, -0.2) is 0 Å². The van der Waals surface area contributed by atoms with Gasteiger partial charge in [-0.2, -0.15) is 0 Å². The van der Waals surface area contributed by atoms with Crippen molar-refractivity contribution in [2.75, 3.05) is 5.32 Å². The van der Waals surface area contributed by atoms with E-state index in [1.54, 1.807) is 0 Å². The van der Waals surface area contributed by atoms with Crippen LogP contribution in [0.2, 0.25) is 5.02 Å². The lowest BCUT2D eigenvalue weighted by atomic mass is 10.0. The molecule has 0 bridgehead atoms. The number of unbranched alkanes of at least 4 members (excludes halogenated alkanes) is 1. The van der Waals surface area contributed by atoms with Crippen molar-refractivity contribution < 1.29 is 0 Å². The van der Waals surface area contributed by atoms with Gasteiger partial charge in [-0.1, -0.05) is 61.7 Å². The van der Waals surface area contributed by atoms with Crippen LogP contribution in [0.1, 0.15) is 43.4 Å². The van der Waals surface area contributed by atoms with Crippen LogP contribution in [0.4, 0.5) is 5.69 Å². The first-order chi connectivity index (χ1) is 9.70. The molecule has 2 aromatic carbocycles. The SMILES string of the molecule is CCCCC(Nc1ccc(Cl)cc1C)c1ccccc1. The third kappa shape index (κ3) is 4.01. The molecule has 0 heterocycles. The fourth-order valence-electron chi connectivity index (χ4n) is 2.39. The van der Waals surface area contributed by atoms with Gasteiger partial charge in [0.05, 0.1) is 6.04 Å². The first-order valence-corrected chi connectivity index (χ1v) is 7.66. The normalized spacial score (nSPS) is 12.2. The predicted molar refractivity (Wildman–Crippen MR) is 88.5 cm³/mol. The molecule has 106 valence electrons. The van der Waals surface area contributed by atoms with Gasteiger partial charge < -0.3 is 5.32 Å². The van der Waals surface area contributed by atoms with Gasteiger partial charge in [-0.3, -0.25) is 0 Å². The number of benzene rings is 2. The Morgan fingerprint density at radius 2 is 1.85 bits per heavy atom. The lowest BCUT2D eigenvalue weighted by molar-refractivity contribution is 0.634. The Kier molecular flexibility index (Phi) is 5.49. The topological polar surface area (TPSA) is 12.0 Å². The number of halogens is 1. The van der Waals surface area contributed by atoms with E-state index < -0.39 is 0 Å². The lowest BCUT2D eigenvalue weighted by Crippen LogP contribution is -2.11. The van der Waals surface area contributed by atoms with Crippen LogP contribution in [-0.2, 0) is 0 Å². The number of anilines is 1. The molecule has 0 saturated carbocycles. The summed E-state index contributed by atoms with van der Waals surface area (Å²) in [6.07, 6.45) is 3.58. The van der Waals surface area contributed by atoms with E-state index in [1.165, 1.54) is 29.7 Å². The second kappa shape index (κ2) is 7.35. The summed E-state index contributed by atoms with van der Waals surface area (Å²) in [5.41, 5.74) is 3.70. The molecule has 0 aliphatic rings. The smallest absolute Gasteiger partial charge is 0.0513 e. The highest BCUT2D eigenvalue weighted by Gasteiger charge is 2.11. The lowest BCUT2D eigenvalue weighted by Gasteiger charge is -2.21. The van der Waals surface area contributed by atoms with Gasteiger partial charge in [0.2, 0.25) is 0 Å². The highest BCUT2D eigenvalue weighted by Crippen LogP contribution is 2.27. The molecule has 0 radical (unpaired) electrons. The molecule has 1 nitrogen and oxygen atoms in total. The molecule has 1 atom stereocenters. The maximum absolute atomic E-state index is 6.03. The largest absolute Gasteiger partial charge is 0.378 e. The number of aryl methyl sites for hydroxylation is 1. The van der Waals surface area contributed by atoms with E-state index in [1.807, 2.05) is 12.1 Å². The van der Waals surface area contributed by atoms with E-state index in [9.17, 15) is 0 Å². The Hall–Kier alpha value is -1.47. The summed E-state index contributed by atoms with van der Waals surface area (Å²) in [6, 6.07) is 17.0. The van der Waals surface area contributed by atoms with E-state index in [2.05, 4.69) is 55.6 Å². The maximum Gasteiger partial charge on any atom is 0.0513 e. The van der Waals surface area contributed by atoms with Gasteiger partial charge in [-0.05, 0) is 42.7 Å². The van der Waals surface area contributed by atoms with Crippen LogP contribution in [0.25, 0.3) is 0 Å². The Bertz CT molecular complexity index is 536. The first-order valence-electron chi connectivity index (χ1n) is 7.28. The first kappa shape index (κ1) is 14.9. The van der Waals surface area contributed by atoms with Crippen LogP contribution in [0, 0.1) is 6.92 Å². The van der Waals surface area contributed by atoms with E-state index >= 15 is 0 Å². The van der Waals surface area contributed by atoms with Crippen molar-refractivity contribution in [3.05, 3.63) is 64.7 Å². The minimum Gasteiger partial charge on any atom is -0.378 e. The quantitative estimate of drug-likeness (QED) is 0.688. The standard InChI is InChI=1S/C18H22ClN/c1-3-4-10-18(15-8-6-5-7-9-15)20-17-12-11-16(19)13-14(17)2/h5-9,11-13,18,20H,3-4,10H2,1-2H3. The molecule has 1 unspecified atom stereocenters. The molecule has 0 aliphatic carbocycles. The van der Waals surface area contributed by atoms with E-state index in [-0.39, 0.29) is 0 Å². The molecule has 20 heavy (non-hydrogen) atoms. The zero-order chi connectivity index (χ0) is 14.4. The van der Waals surface area contributed by atoms with Crippen LogP contribution in [0.3, 0.4) is 0 Å². The zero-order valence-electron chi connectivity index (χ0n) is 12.2. The van der Waals surface area contributed by atoms with Crippen molar-refractivity contribution in [1.82, 2.24) is 0 Å². The van der Waals surface area contributed by atoms with Crippen molar-refractivity contribution in [2.24, 2.45) is 0 Å². The highest BCUT2D eigenvalue weighted by atomic mass is 35.5. The fourth-order valence-corrected chi connectivity index (χ4v) is 2.62. The molecule has 0 fully saturated rings. The second-order valence-electron chi connectivity index (χ2n) is 5.21. The summed E-state index contributed by atoms with van der Waals surface area (Å²) in [6.45, 7) is 4.33. The molecule has 0 amide bonds. The van der Waals surface area contributed by atoms with E-state index in [0.717, 1.165) is 11.4 Å². The van der Waals surface area contributed by atoms with Crippen molar-refractivity contribution >= 4 is 17.3 Å². The molecule has 1 N–H and O–H groups in total. The van der Waals surface area contributed by atoms with Crippen LogP contribution in [0.15, 0.2) is 48.5 Å². The molecule has 0 spiro atoms. The highest BCUT2D eigenvalue weighted by molar-refractivity contribution is 6.30. The van der Waals surface area contributed by atoms with Crippen molar-refractivity contribution in [3.63, 3.8) is 0 Å². The minimum absolute atomic E-state index is 0.357. The molecule has 2 aromatic rings. The Morgan fingerprint density at radius 1 is 1.10 bits per heavy atom. The van der Waals surface area contributed by atoms with Crippen LogP contribution >= 0.6 is 11.6 Å². The molecule has 2 heteroatoms. The summed E-state index contributed by atoms with van der Waals surface area (Å²) in [5.74, 6) is 0. The average Bonchev–Trinajstić information content (AvgIpc) is 2.46. The number of rotatable bonds is 6. The average molecular weight is 288 g/mol. The second-order valence-corrected chi connectivity index (χ2v) is 5.65. The van der Waals surface area contributed by atoms with Gasteiger partial charge in [0.15, 0.2) is 0 Å². The van der Waals surface area contributed by atoms with Crippen molar-refractivity contribution in [3.8, 4) is 0 Å². The fraction of sp³-hybridized carbons (Fsp3) is 0.333. The van der Waals surface area contributed by atoms with Crippen LogP contribution in [-0.4, -0.2) is 0 Å². The molecule has 0 saturated heterocycles. The van der Waals surface area contributed by atoms with Crippen LogP contribution < -0.4 is 5.32 Å². The molecule has 0 aromatic heterocycles. The van der Waals surface area contributed by atoms with Crippen LogP contribution in [0.5, 0.6) is 0 Å². The summed E-state index contributed by atoms with van der Waals surface area (Å²) < 4.78 is 0. The maximum atomic E-state index is 6.03. The summed E-state index contributed by atoms with van der Waals surface area (Å²) in [5, 5.41) is 4.46. The summed E-state index contributed by atoms with van der Waals surface area (Å²) >= 11 is 6.03. The Labute approximate surface area is 127 Å². The van der Waals surface area contributed by atoms with Gasteiger partial charge in [0.25, 0.3) is 0 Å². The molecular weight excluding hydrogens is 266 g/mol. The van der Waals surface area contributed by atoms with Gasteiger partial charge in [-0.15, -0.1) is 0 Å². The summed E-state index contributed by atoms with van der Waals surface area (Å²) in [7, 11) is 0. The third-order valence-electron chi connectivity index (χ3n) is 3.57. The zero-order valence-corrected chi connectivity index (χ0v) is 13.0. The van der Waals surface area contributed by atoms with Gasteiger partial charge in [0, 0.05) is 10.7 Å². The predicted octanol–water partition coefficient (Wildman–Crippen LogP) is 5.99.